The average molecular weight is 770 g/mol. The van der Waals surface area contributed by atoms with Gasteiger partial charge in [0.2, 0.25) is 0 Å². The van der Waals surface area contributed by atoms with Crippen molar-refractivity contribution in [3.05, 3.63) is 212 Å². The van der Waals surface area contributed by atoms with Gasteiger partial charge < -0.3 is 9.32 Å². The summed E-state index contributed by atoms with van der Waals surface area (Å²) in [7, 11) is 0. The van der Waals surface area contributed by atoms with Crippen LogP contribution >= 0.6 is 0 Å². The molecule has 2 nitrogen and oxygen atoms in total. The van der Waals surface area contributed by atoms with Gasteiger partial charge in [0.05, 0.1) is 0 Å². The Hall–Kier alpha value is -7.42. The van der Waals surface area contributed by atoms with Crippen molar-refractivity contribution in [1.82, 2.24) is 0 Å². The summed E-state index contributed by atoms with van der Waals surface area (Å²) in [5.74, 6) is 0.920. The quantitative estimate of drug-likeness (QED) is 0.157. The molecule has 0 fully saturated rings. The molecule has 0 N–H and O–H groups in total. The molecule has 10 aromatic carbocycles. The lowest BCUT2D eigenvalue weighted by Crippen LogP contribution is -2.12. The Morgan fingerprint density at radius 3 is 1.63 bits per heavy atom. The molecule has 0 aliphatic rings. The first kappa shape index (κ1) is 35.7. The highest BCUT2D eigenvalue weighted by Crippen LogP contribution is 2.44. The van der Waals surface area contributed by atoms with E-state index < -0.39 is 0 Å². The minimum Gasteiger partial charge on any atom is -0.456 e. The van der Waals surface area contributed by atoms with E-state index in [0.29, 0.717) is 0 Å². The lowest BCUT2D eigenvalue weighted by atomic mass is 9.83. The van der Waals surface area contributed by atoms with Crippen LogP contribution in [0.1, 0.15) is 26.3 Å². The van der Waals surface area contributed by atoms with Gasteiger partial charge in [0.25, 0.3) is 0 Å². The minimum atomic E-state index is -0.119. The number of para-hydroxylation sites is 1. The third-order valence-corrected chi connectivity index (χ3v) is 12.1. The summed E-state index contributed by atoms with van der Waals surface area (Å²) in [5.41, 5.74) is 11.1. The predicted molar refractivity (Wildman–Crippen MR) is 256 cm³/mol. The number of furan rings is 1. The molecule has 0 unspecified atom stereocenters. The number of hydrogen-bond donors (Lipinski definition) is 0. The second kappa shape index (κ2) is 14.1. The van der Waals surface area contributed by atoms with Crippen molar-refractivity contribution < 1.29 is 4.42 Å². The topological polar surface area (TPSA) is 16.4 Å². The summed E-state index contributed by atoms with van der Waals surface area (Å²) in [5, 5.41) is 11.3. The molecular formula is C58H43NO. The van der Waals surface area contributed by atoms with E-state index >= 15 is 0 Å². The Balaban J connectivity index is 1.03. The molecule has 1 aromatic heterocycles. The zero-order chi connectivity index (χ0) is 40.4. The van der Waals surface area contributed by atoms with Crippen molar-refractivity contribution in [2.24, 2.45) is 0 Å². The van der Waals surface area contributed by atoms with E-state index in [0.717, 1.165) is 39.4 Å². The van der Waals surface area contributed by atoms with Crippen LogP contribution in [0.25, 0.3) is 87.6 Å². The van der Waals surface area contributed by atoms with E-state index in [2.05, 4.69) is 226 Å². The van der Waals surface area contributed by atoms with Gasteiger partial charge in [-0.3, -0.25) is 0 Å². The lowest BCUT2D eigenvalue weighted by Gasteiger charge is -2.27. The highest BCUT2D eigenvalue weighted by molar-refractivity contribution is 6.14. The maximum absolute atomic E-state index is 6.69. The fourth-order valence-corrected chi connectivity index (χ4v) is 9.31. The zero-order valence-electron chi connectivity index (χ0n) is 34.0. The third kappa shape index (κ3) is 6.12. The van der Waals surface area contributed by atoms with Gasteiger partial charge in [-0.15, -0.1) is 0 Å². The van der Waals surface area contributed by atoms with Gasteiger partial charge in [-0.05, 0) is 125 Å². The molecule has 60 heavy (non-hydrogen) atoms. The summed E-state index contributed by atoms with van der Waals surface area (Å²) < 4.78 is 6.69. The van der Waals surface area contributed by atoms with E-state index in [1.165, 1.54) is 70.9 Å². The van der Waals surface area contributed by atoms with Crippen molar-refractivity contribution in [2.75, 3.05) is 4.90 Å². The molecule has 2 heteroatoms. The second-order valence-electron chi connectivity index (χ2n) is 16.9. The Kier molecular flexibility index (Phi) is 8.42. The van der Waals surface area contributed by atoms with Crippen molar-refractivity contribution >= 4 is 71.1 Å². The van der Waals surface area contributed by atoms with Crippen molar-refractivity contribution in [3.63, 3.8) is 0 Å². The lowest BCUT2D eigenvalue weighted by molar-refractivity contribution is 0.568. The number of fused-ring (bicyclic) bond motifs is 7. The van der Waals surface area contributed by atoms with Crippen LogP contribution in [0.2, 0.25) is 0 Å². The molecule has 0 bridgehead atoms. The molecule has 11 rings (SSSR count). The maximum atomic E-state index is 6.69. The number of hydrogen-bond acceptors (Lipinski definition) is 2. The van der Waals surface area contributed by atoms with Gasteiger partial charge in [-0.2, -0.15) is 0 Å². The van der Waals surface area contributed by atoms with Crippen LogP contribution in [0.5, 0.6) is 0 Å². The summed E-state index contributed by atoms with van der Waals surface area (Å²) in [6.07, 6.45) is 0. The van der Waals surface area contributed by atoms with Crippen molar-refractivity contribution in [2.45, 2.75) is 26.2 Å². The molecule has 11 aromatic rings. The molecule has 1 heterocycles. The average Bonchev–Trinajstić information content (AvgIpc) is 3.70. The fraction of sp³-hybridized carbons (Fsp3) is 0.0690. The SMILES string of the molecule is CC(C)(C)c1c(-c2cccc(N(c3ccc(-c4ccc5c(ccc6ccccc65)c4)cc3)c3ccc(-c4cc5ccccc5c5ccccc45)cc3)c2)oc2ccccc12. The van der Waals surface area contributed by atoms with Crippen LogP contribution in [0.15, 0.2) is 211 Å². The van der Waals surface area contributed by atoms with Crippen molar-refractivity contribution in [1.29, 1.82) is 0 Å². The Morgan fingerprint density at radius 2 is 0.900 bits per heavy atom. The largest absolute Gasteiger partial charge is 0.456 e. The Morgan fingerprint density at radius 1 is 0.350 bits per heavy atom. The van der Waals surface area contributed by atoms with Crippen molar-refractivity contribution in [3.8, 4) is 33.6 Å². The first-order valence-electron chi connectivity index (χ1n) is 20.8. The molecule has 0 spiro atoms. The number of anilines is 3. The minimum absolute atomic E-state index is 0.119. The second-order valence-corrected chi connectivity index (χ2v) is 16.9. The molecule has 0 radical (unpaired) electrons. The van der Waals surface area contributed by atoms with E-state index in [9.17, 15) is 0 Å². The van der Waals surface area contributed by atoms with Gasteiger partial charge in [-0.1, -0.05) is 172 Å². The zero-order valence-corrected chi connectivity index (χ0v) is 34.0. The van der Waals surface area contributed by atoms with Crippen LogP contribution in [0.4, 0.5) is 17.1 Å². The van der Waals surface area contributed by atoms with Crippen LogP contribution in [-0.4, -0.2) is 0 Å². The van der Waals surface area contributed by atoms with Gasteiger partial charge >= 0.3 is 0 Å². The standard InChI is InChI=1S/C58H43NO/c1-58(2,3)56-53-21-10-11-22-55(53)60-57(56)44-15-12-16-47(36-44)59(45-30-25-38(26-31-45)41-29-34-50-43(35-41)24-23-39-13-4-6-17-48(39)50)46-32-27-40(28-33-46)54-37-42-14-5-7-18-49(42)51-19-8-9-20-52(51)54/h4-37H,1-3H3. The summed E-state index contributed by atoms with van der Waals surface area (Å²) in [6, 6.07) is 75.0. The molecule has 0 aliphatic carbocycles. The van der Waals surface area contributed by atoms with Crippen LogP contribution in [-0.2, 0) is 5.41 Å². The van der Waals surface area contributed by atoms with Gasteiger partial charge in [0.1, 0.15) is 11.3 Å². The van der Waals surface area contributed by atoms with E-state index in [1.807, 2.05) is 6.07 Å². The predicted octanol–water partition coefficient (Wildman–Crippen LogP) is 16.8. The van der Waals surface area contributed by atoms with Gasteiger partial charge in [0.15, 0.2) is 0 Å². The van der Waals surface area contributed by atoms with E-state index in [4.69, 9.17) is 4.42 Å². The molecule has 0 amide bonds. The van der Waals surface area contributed by atoms with Crippen LogP contribution in [0, 0.1) is 0 Å². The highest BCUT2D eigenvalue weighted by Gasteiger charge is 2.27. The molecule has 0 saturated carbocycles. The van der Waals surface area contributed by atoms with Gasteiger partial charge in [0, 0.05) is 33.6 Å². The first-order chi connectivity index (χ1) is 29.4. The number of rotatable bonds is 6. The Labute approximate surface area is 350 Å². The maximum Gasteiger partial charge on any atom is 0.139 e. The fourth-order valence-electron chi connectivity index (χ4n) is 9.31. The Bertz CT molecular complexity index is 3400. The molecule has 286 valence electrons. The van der Waals surface area contributed by atoms with Crippen LogP contribution in [0.3, 0.4) is 0 Å². The van der Waals surface area contributed by atoms with Gasteiger partial charge in [-0.25, -0.2) is 0 Å². The summed E-state index contributed by atoms with van der Waals surface area (Å²) in [6.45, 7) is 6.80. The van der Waals surface area contributed by atoms with E-state index in [-0.39, 0.29) is 5.41 Å². The smallest absolute Gasteiger partial charge is 0.139 e. The molecule has 0 aliphatic heterocycles. The van der Waals surface area contributed by atoms with E-state index in [1.54, 1.807) is 0 Å². The van der Waals surface area contributed by atoms with Crippen LogP contribution < -0.4 is 4.90 Å². The summed E-state index contributed by atoms with van der Waals surface area (Å²) in [4.78, 5) is 2.36. The highest BCUT2D eigenvalue weighted by atomic mass is 16.3. The first-order valence-corrected chi connectivity index (χ1v) is 20.8. The number of nitrogens with zero attached hydrogens (tertiary/aromatic N) is 1. The molecule has 0 atom stereocenters. The molecule has 0 saturated heterocycles. The molecular weight excluding hydrogens is 727 g/mol. The summed E-state index contributed by atoms with van der Waals surface area (Å²) >= 11 is 0. The monoisotopic (exact) mass is 769 g/mol. The normalized spacial score (nSPS) is 11.9. The third-order valence-electron chi connectivity index (χ3n) is 12.1. The number of benzene rings is 10.